The van der Waals surface area contributed by atoms with E-state index in [1.807, 2.05) is 6.92 Å². The van der Waals surface area contributed by atoms with Crippen molar-refractivity contribution in [3.63, 3.8) is 0 Å². The maximum absolute atomic E-state index is 11.0. The number of hydrogen-bond donors (Lipinski definition) is 3. The first-order chi connectivity index (χ1) is 10.2. The number of nitrogens with one attached hydrogen (secondary N) is 2. The number of primary amides is 1. The molecule has 1 amide bonds. The van der Waals surface area contributed by atoms with Crippen molar-refractivity contribution in [3.05, 3.63) is 23.7 Å². The summed E-state index contributed by atoms with van der Waals surface area (Å²) in [6.07, 6.45) is 4.85. The Hall–Kier alpha value is -1.25. The fourth-order valence-electron chi connectivity index (χ4n) is 1.85. The van der Waals surface area contributed by atoms with Crippen molar-refractivity contribution in [3.8, 4) is 0 Å². The monoisotopic (exact) mass is 422 g/mol. The van der Waals surface area contributed by atoms with Crippen LogP contribution in [0, 0.1) is 0 Å². The molecule has 0 aliphatic rings. The second-order valence-electron chi connectivity index (χ2n) is 4.81. The smallest absolute Gasteiger partial charge is 0.284 e. The molecule has 0 saturated carbocycles. The predicted molar refractivity (Wildman–Crippen MR) is 99.6 cm³/mol. The van der Waals surface area contributed by atoms with E-state index in [0.29, 0.717) is 12.3 Å². The van der Waals surface area contributed by atoms with E-state index in [0.717, 1.165) is 25.5 Å². The Morgan fingerprint density at radius 3 is 2.59 bits per heavy atom. The molecule has 0 radical (unpaired) electrons. The minimum absolute atomic E-state index is 0. The van der Waals surface area contributed by atoms with Crippen LogP contribution in [0.5, 0.6) is 0 Å². The highest BCUT2D eigenvalue weighted by Crippen LogP contribution is 2.08. The molecular formula is C15H27IN4O2. The lowest BCUT2D eigenvalue weighted by atomic mass is 10.2. The lowest BCUT2D eigenvalue weighted by Gasteiger charge is -2.10. The summed E-state index contributed by atoms with van der Waals surface area (Å²) in [5.41, 5.74) is 5.14. The van der Waals surface area contributed by atoms with Crippen molar-refractivity contribution in [2.75, 3.05) is 13.1 Å². The molecule has 7 heteroatoms. The average molecular weight is 422 g/mol. The van der Waals surface area contributed by atoms with Crippen molar-refractivity contribution in [2.45, 2.75) is 46.1 Å². The number of nitrogens with zero attached hydrogens (tertiary/aromatic N) is 1. The predicted octanol–water partition coefficient (Wildman–Crippen LogP) is 2.63. The molecule has 0 bridgehead atoms. The van der Waals surface area contributed by atoms with Gasteiger partial charge in [-0.05, 0) is 25.5 Å². The summed E-state index contributed by atoms with van der Waals surface area (Å²) in [7, 11) is 0. The van der Waals surface area contributed by atoms with Gasteiger partial charge in [-0.15, -0.1) is 24.0 Å². The van der Waals surface area contributed by atoms with E-state index in [4.69, 9.17) is 10.2 Å². The first-order valence-corrected chi connectivity index (χ1v) is 7.58. The molecule has 0 aliphatic heterocycles. The van der Waals surface area contributed by atoms with E-state index in [-0.39, 0.29) is 29.7 Å². The molecule has 1 aromatic rings. The van der Waals surface area contributed by atoms with Gasteiger partial charge in [0.25, 0.3) is 5.91 Å². The largest absolute Gasteiger partial charge is 0.454 e. The Morgan fingerprint density at radius 1 is 1.23 bits per heavy atom. The number of furan rings is 1. The van der Waals surface area contributed by atoms with E-state index < -0.39 is 5.91 Å². The second kappa shape index (κ2) is 12.3. The van der Waals surface area contributed by atoms with Crippen molar-refractivity contribution in [2.24, 2.45) is 10.7 Å². The minimum atomic E-state index is -0.564. The third kappa shape index (κ3) is 8.26. The number of amides is 1. The summed E-state index contributed by atoms with van der Waals surface area (Å²) in [6, 6.07) is 3.28. The number of unbranched alkanes of at least 4 members (excludes halogenated alkanes) is 3. The molecule has 1 aromatic heterocycles. The molecule has 0 atom stereocenters. The zero-order chi connectivity index (χ0) is 15.5. The van der Waals surface area contributed by atoms with Gasteiger partial charge >= 0.3 is 0 Å². The fraction of sp³-hybridized carbons (Fsp3) is 0.600. The van der Waals surface area contributed by atoms with Crippen LogP contribution in [0.1, 0.15) is 55.8 Å². The quantitative estimate of drug-likeness (QED) is 0.247. The van der Waals surface area contributed by atoms with Crippen LogP contribution in [0.3, 0.4) is 0 Å². The number of nitrogens with two attached hydrogens (primary N) is 1. The van der Waals surface area contributed by atoms with Crippen molar-refractivity contribution < 1.29 is 9.21 Å². The zero-order valence-corrected chi connectivity index (χ0v) is 15.7. The summed E-state index contributed by atoms with van der Waals surface area (Å²) in [4.78, 5) is 15.4. The van der Waals surface area contributed by atoms with Crippen molar-refractivity contribution >= 4 is 35.8 Å². The van der Waals surface area contributed by atoms with Crippen LogP contribution in [-0.4, -0.2) is 25.0 Å². The molecule has 126 valence electrons. The highest BCUT2D eigenvalue weighted by molar-refractivity contribution is 14.0. The van der Waals surface area contributed by atoms with Crippen LogP contribution in [0.4, 0.5) is 0 Å². The highest BCUT2D eigenvalue weighted by atomic mass is 127. The molecule has 1 rings (SSSR count). The van der Waals surface area contributed by atoms with Crippen LogP contribution in [0.2, 0.25) is 0 Å². The molecule has 1 heterocycles. The lowest BCUT2D eigenvalue weighted by Crippen LogP contribution is -2.37. The third-order valence-corrected chi connectivity index (χ3v) is 2.96. The summed E-state index contributed by atoms with van der Waals surface area (Å²) < 4.78 is 5.29. The van der Waals surface area contributed by atoms with Crippen LogP contribution in [-0.2, 0) is 6.54 Å². The summed E-state index contributed by atoms with van der Waals surface area (Å²) in [5, 5.41) is 6.46. The van der Waals surface area contributed by atoms with Gasteiger partial charge in [0, 0.05) is 13.1 Å². The standard InChI is InChI=1S/C15H26N4O2.HI/c1-3-5-6-7-10-18-15(17-4-2)19-11-12-8-9-13(21-12)14(16)20;/h8-9H,3-7,10-11H2,1-2H3,(H2,16,20)(H2,17,18,19);1H. The van der Waals surface area contributed by atoms with Crippen molar-refractivity contribution in [1.29, 1.82) is 0 Å². The molecule has 0 aliphatic carbocycles. The van der Waals surface area contributed by atoms with Gasteiger partial charge in [-0.2, -0.15) is 0 Å². The second-order valence-corrected chi connectivity index (χ2v) is 4.81. The fourth-order valence-corrected chi connectivity index (χ4v) is 1.85. The molecule has 22 heavy (non-hydrogen) atoms. The Morgan fingerprint density at radius 2 is 2.00 bits per heavy atom. The number of aliphatic imine (C=N–C) groups is 1. The lowest BCUT2D eigenvalue weighted by molar-refractivity contribution is 0.0972. The molecule has 0 spiro atoms. The van der Waals surface area contributed by atoms with Gasteiger partial charge in [0.2, 0.25) is 0 Å². The van der Waals surface area contributed by atoms with E-state index in [9.17, 15) is 4.79 Å². The number of hydrogen-bond acceptors (Lipinski definition) is 3. The van der Waals surface area contributed by atoms with Gasteiger partial charge in [-0.25, -0.2) is 4.99 Å². The summed E-state index contributed by atoms with van der Waals surface area (Å²) in [6.45, 7) is 6.29. The summed E-state index contributed by atoms with van der Waals surface area (Å²) in [5.74, 6) is 0.974. The Kier molecular flexibility index (Phi) is 11.6. The van der Waals surface area contributed by atoms with Crippen LogP contribution < -0.4 is 16.4 Å². The van der Waals surface area contributed by atoms with Crippen molar-refractivity contribution in [1.82, 2.24) is 10.6 Å². The van der Waals surface area contributed by atoms with E-state index in [1.165, 1.54) is 19.3 Å². The molecule has 0 fully saturated rings. The summed E-state index contributed by atoms with van der Waals surface area (Å²) >= 11 is 0. The Balaban J connectivity index is 0.00000441. The number of carbonyl (C=O) groups excluding carboxylic acids is 1. The van der Waals surface area contributed by atoms with Crippen LogP contribution >= 0.6 is 24.0 Å². The van der Waals surface area contributed by atoms with Gasteiger partial charge in [0.15, 0.2) is 11.7 Å². The zero-order valence-electron chi connectivity index (χ0n) is 13.4. The number of guanidine groups is 1. The third-order valence-electron chi connectivity index (χ3n) is 2.96. The minimum Gasteiger partial charge on any atom is -0.454 e. The van der Waals surface area contributed by atoms with Gasteiger partial charge < -0.3 is 20.8 Å². The topological polar surface area (TPSA) is 92.6 Å². The first kappa shape index (κ1) is 20.8. The number of rotatable bonds is 9. The maximum Gasteiger partial charge on any atom is 0.284 e. The van der Waals surface area contributed by atoms with Gasteiger partial charge in [0.1, 0.15) is 12.3 Å². The van der Waals surface area contributed by atoms with E-state index in [1.54, 1.807) is 12.1 Å². The molecule has 0 aromatic carbocycles. The molecule has 0 saturated heterocycles. The van der Waals surface area contributed by atoms with E-state index >= 15 is 0 Å². The average Bonchev–Trinajstić information content (AvgIpc) is 2.93. The number of carbonyl (C=O) groups is 1. The van der Waals surface area contributed by atoms with Gasteiger partial charge in [-0.1, -0.05) is 26.2 Å². The SMILES string of the molecule is CCCCCCNC(=NCc1ccc(C(N)=O)o1)NCC.I. The highest BCUT2D eigenvalue weighted by Gasteiger charge is 2.06. The molecule has 0 unspecified atom stereocenters. The van der Waals surface area contributed by atoms with Gasteiger partial charge in [0.05, 0.1) is 0 Å². The van der Waals surface area contributed by atoms with Crippen LogP contribution in [0.25, 0.3) is 0 Å². The Labute approximate surface area is 149 Å². The van der Waals surface area contributed by atoms with Crippen LogP contribution in [0.15, 0.2) is 21.5 Å². The molecule has 6 nitrogen and oxygen atoms in total. The maximum atomic E-state index is 11.0. The van der Waals surface area contributed by atoms with E-state index in [2.05, 4.69) is 22.5 Å². The molecular weight excluding hydrogens is 395 g/mol. The van der Waals surface area contributed by atoms with Gasteiger partial charge in [-0.3, -0.25) is 4.79 Å². The normalized spacial score (nSPS) is 10.9. The number of halogens is 1. The Bertz CT molecular complexity index is 460. The first-order valence-electron chi connectivity index (χ1n) is 7.58. The molecule has 4 N–H and O–H groups in total.